The van der Waals surface area contributed by atoms with Crippen molar-refractivity contribution >= 4 is 23.1 Å². The van der Waals surface area contributed by atoms with Gasteiger partial charge in [-0.1, -0.05) is 17.7 Å². The van der Waals surface area contributed by atoms with E-state index in [1.54, 1.807) is 0 Å². The van der Waals surface area contributed by atoms with E-state index in [2.05, 4.69) is 55.3 Å². The molecule has 0 aliphatic heterocycles. The summed E-state index contributed by atoms with van der Waals surface area (Å²) >= 11 is 3.73. The third-order valence-corrected chi connectivity index (χ3v) is 5.59. The predicted molar refractivity (Wildman–Crippen MR) is 90.0 cm³/mol. The third kappa shape index (κ3) is 4.33. The molecule has 4 heteroatoms. The van der Waals surface area contributed by atoms with Crippen molar-refractivity contribution in [2.75, 3.05) is 12.8 Å². The molecular weight excluding hydrogens is 284 g/mol. The van der Waals surface area contributed by atoms with Crippen molar-refractivity contribution in [1.29, 1.82) is 0 Å². The molecule has 2 aromatic rings. The molecule has 0 bridgehead atoms. The van der Waals surface area contributed by atoms with Gasteiger partial charge in [0.25, 0.3) is 0 Å². The van der Waals surface area contributed by atoms with Crippen LogP contribution < -0.4 is 5.32 Å². The molecule has 1 N–H and O–H groups in total. The van der Waals surface area contributed by atoms with Crippen LogP contribution in [-0.4, -0.2) is 23.8 Å². The number of rotatable bonds is 6. The fraction of sp³-hybridized carbons (Fsp3) is 0.438. The molecule has 1 aromatic heterocycles. The number of thioether (sulfide) groups is 1. The van der Waals surface area contributed by atoms with Gasteiger partial charge in [0.1, 0.15) is 0 Å². The molecule has 0 amide bonds. The number of likely N-dealkylation sites (N-methyl/N-ethyl adjacent to an activating group) is 1. The normalized spacial score (nSPS) is 12.6. The summed E-state index contributed by atoms with van der Waals surface area (Å²) < 4.78 is 0. The Morgan fingerprint density at radius 3 is 2.70 bits per heavy atom. The summed E-state index contributed by atoms with van der Waals surface area (Å²) in [5, 5.41) is 4.65. The summed E-state index contributed by atoms with van der Waals surface area (Å²) in [5.74, 6) is 1.07. The van der Waals surface area contributed by atoms with Gasteiger partial charge < -0.3 is 5.32 Å². The van der Waals surface area contributed by atoms with E-state index >= 15 is 0 Å². The summed E-state index contributed by atoms with van der Waals surface area (Å²) in [5.41, 5.74) is 2.49. The molecule has 0 radical (unpaired) electrons. The van der Waals surface area contributed by atoms with Crippen molar-refractivity contribution in [2.45, 2.75) is 38.1 Å². The molecule has 1 heterocycles. The quantitative estimate of drug-likeness (QED) is 0.817. The Morgan fingerprint density at radius 2 is 2.10 bits per heavy atom. The zero-order valence-electron chi connectivity index (χ0n) is 12.6. The highest BCUT2D eigenvalue weighted by Gasteiger charge is 2.12. The van der Waals surface area contributed by atoms with Gasteiger partial charge in [-0.15, -0.1) is 23.1 Å². The molecule has 0 saturated heterocycles. The average Bonchev–Trinajstić information content (AvgIpc) is 2.73. The fourth-order valence-electron chi connectivity index (χ4n) is 1.98. The van der Waals surface area contributed by atoms with Crippen molar-refractivity contribution in [3.63, 3.8) is 0 Å². The minimum absolute atomic E-state index is 0.463. The smallest absolute Gasteiger partial charge is 0.0946 e. The number of thiazole rings is 1. The van der Waals surface area contributed by atoms with Gasteiger partial charge >= 0.3 is 0 Å². The molecule has 1 aromatic carbocycles. The summed E-state index contributed by atoms with van der Waals surface area (Å²) in [6, 6.07) is 9.16. The van der Waals surface area contributed by atoms with Crippen molar-refractivity contribution in [3.8, 4) is 0 Å². The van der Waals surface area contributed by atoms with Gasteiger partial charge in [0.05, 0.1) is 10.7 Å². The van der Waals surface area contributed by atoms with Crippen molar-refractivity contribution in [1.82, 2.24) is 10.3 Å². The van der Waals surface area contributed by atoms with Crippen molar-refractivity contribution in [3.05, 3.63) is 45.4 Å². The maximum atomic E-state index is 4.64. The maximum Gasteiger partial charge on any atom is 0.0946 e. The van der Waals surface area contributed by atoms with Gasteiger partial charge in [-0.2, -0.15) is 0 Å². The van der Waals surface area contributed by atoms with Gasteiger partial charge in [0.2, 0.25) is 0 Å². The Labute approximate surface area is 130 Å². The Morgan fingerprint density at radius 1 is 1.30 bits per heavy atom. The first-order valence-electron chi connectivity index (χ1n) is 6.88. The van der Waals surface area contributed by atoms with Gasteiger partial charge in [-0.05, 0) is 40.0 Å². The number of nitrogens with one attached hydrogen (secondary N) is 1. The molecule has 2 nitrogen and oxygen atoms in total. The molecule has 2 rings (SSSR count). The van der Waals surface area contributed by atoms with Crippen LogP contribution >= 0.6 is 23.1 Å². The highest BCUT2D eigenvalue weighted by molar-refractivity contribution is 7.99. The number of aryl methyl sites for hydroxylation is 3. The van der Waals surface area contributed by atoms with E-state index in [0.717, 1.165) is 12.2 Å². The second kappa shape index (κ2) is 7.25. The van der Waals surface area contributed by atoms with E-state index in [1.165, 1.54) is 26.0 Å². The molecule has 1 unspecified atom stereocenters. The van der Waals surface area contributed by atoms with Crippen LogP contribution in [0.25, 0.3) is 0 Å². The lowest BCUT2D eigenvalue weighted by molar-refractivity contribution is 0.615. The third-order valence-electron chi connectivity index (χ3n) is 3.34. The summed E-state index contributed by atoms with van der Waals surface area (Å²) in [4.78, 5) is 7.31. The van der Waals surface area contributed by atoms with Gasteiger partial charge in [0.15, 0.2) is 0 Å². The van der Waals surface area contributed by atoms with E-state index in [1.807, 2.05) is 30.1 Å². The molecule has 0 spiro atoms. The van der Waals surface area contributed by atoms with E-state index in [9.17, 15) is 0 Å². The van der Waals surface area contributed by atoms with Crippen LogP contribution in [0.1, 0.15) is 21.1 Å². The van der Waals surface area contributed by atoms with Crippen LogP contribution in [0.5, 0.6) is 0 Å². The van der Waals surface area contributed by atoms with E-state index < -0.39 is 0 Å². The average molecular weight is 306 g/mol. The predicted octanol–water partition coefficient (Wildman–Crippen LogP) is 3.99. The number of aromatic nitrogens is 1. The van der Waals surface area contributed by atoms with Gasteiger partial charge in [-0.25, -0.2) is 4.98 Å². The summed E-state index contributed by atoms with van der Waals surface area (Å²) in [7, 11) is 2.04. The molecule has 0 fully saturated rings. The fourth-order valence-corrected chi connectivity index (χ4v) is 4.12. The minimum Gasteiger partial charge on any atom is -0.316 e. The number of nitrogens with zero attached hydrogens (tertiary/aromatic N) is 1. The van der Waals surface area contributed by atoms with Gasteiger partial charge in [-0.3, -0.25) is 0 Å². The zero-order valence-corrected chi connectivity index (χ0v) is 14.2. The molecule has 108 valence electrons. The molecular formula is C16H22N2S2. The van der Waals surface area contributed by atoms with Crippen molar-refractivity contribution in [2.24, 2.45) is 0 Å². The van der Waals surface area contributed by atoms with Crippen LogP contribution in [-0.2, 0) is 6.42 Å². The van der Waals surface area contributed by atoms with Crippen LogP contribution in [0, 0.1) is 20.8 Å². The summed E-state index contributed by atoms with van der Waals surface area (Å²) in [6.45, 7) is 6.37. The lowest BCUT2D eigenvalue weighted by atomic mass is 10.2. The van der Waals surface area contributed by atoms with Crippen molar-refractivity contribution < 1.29 is 0 Å². The molecule has 0 aliphatic carbocycles. The molecule has 20 heavy (non-hydrogen) atoms. The Bertz CT molecular complexity index is 544. The maximum absolute atomic E-state index is 4.64. The SMILES string of the molecule is CNC(CSc1cccc(C)c1)Cc1nc(C)c(C)s1. The van der Waals surface area contributed by atoms with Crippen LogP contribution in [0.4, 0.5) is 0 Å². The molecule has 0 saturated carbocycles. The first kappa shape index (κ1) is 15.5. The second-order valence-corrected chi connectivity index (χ2v) is 7.45. The molecule has 1 atom stereocenters. The molecule has 0 aliphatic rings. The Hall–Kier alpha value is -0.840. The second-order valence-electron chi connectivity index (χ2n) is 5.07. The Balaban J connectivity index is 1.92. The van der Waals surface area contributed by atoms with Gasteiger partial charge in [0, 0.05) is 28.0 Å². The van der Waals surface area contributed by atoms with Crippen LogP contribution in [0.3, 0.4) is 0 Å². The minimum atomic E-state index is 0.463. The first-order chi connectivity index (χ1) is 9.58. The topological polar surface area (TPSA) is 24.9 Å². The number of benzene rings is 1. The monoisotopic (exact) mass is 306 g/mol. The highest BCUT2D eigenvalue weighted by Crippen LogP contribution is 2.22. The standard InChI is InChI=1S/C16H22N2S2/c1-11-6-5-7-15(8-11)19-10-14(17-4)9-16-18-12(2)13(3)20-16/h5-8,14,17H,9-10H2,1-4H3. The largest absolute Gasteiger partial charge is 0.316 e. The van der Waals surface area contributed by atoms with Crippen LogP contribution in [0.15, 0.2) is 29.2 Å². The lowest BCUT2D eigenvalue weighted by Crippen LogP contribution is -2.30. The highest BCUT2D eigenvalue weighted by atomic mass is 32.2. The van der Waals surface area contributed by atoms with E-state index in [4.69, 9.17) is 0 Å². The lowest BCUT2D eigenvalue weighted by Gasteiger charge is -2.14. The number of hydrogen-bond donors (Lipinski definition) is 1. The number of hydrogen-bond acceptors (Lipinski definition) is 4. The zero-order chi connectivity index (χ0) is 14.5. The first-order valence-corrected chi connectivity index (χ1v) is 8.68. The Kier molecular flexibility index (Phi) is 5.64. The van der Waals surface area contributed by atoms with E-state index in [-0.39, 0.29) is 0 Å². The van der Waals surface area contributed by atoms with Crippen LogP contribution in [0.2, 0.25) is 0 Å². The van der Waals surface area contributed by atoms with E-state index in [0.29, 0.717) is 6.04 Å². The summed E-state index contributed by atoms with van der Waals surface area (Å²) in [6.07, 6.45) is 1.01.